The molecule has 1 saturated carbocycles. The van der Waals surface area contributed by atoms with Crippen LogP contribution in [0, 0.1) is 11.7 Å². The number of amides is 2. The highest BCUT2D eigenvalue weighted by atomic mass is 19.1. The Bertz CT molecular complexity index is 1050. The predicted octanol–water partition coefficient (Wildman–Crippen LogP) is 2.95. The van der Waals surface area contributed by atoms with Crippen molar-refractivity contribution in [3.63, 3.8) is 0 Å². The number of carbonyl (C=O) groups is 2. The molecular formula is C23H27FN6O2. The van der Waals surface area contributed by atoms with Gasteiger partial charge in [-0.3, -0.25) is 9.59 Å². The van der Waals surface area contributed by atoms with Crippen molar-refractivity contribution in [3.8, 4) is 0 Å². The van der Waals surface area contributed by atoms with Gasteiger partial charge in [0.25, 0.3) is 0 Å². The molecule has 8 nitrogen and oxygen atoms in total. The molecule has 0 bridgehead atoms. The molecule has 2 aromatic rings. The van der Waals surface area contributed by atoms with Gasteiger partial charge in [0.1, 0.15) is 17.5 Å². The van der Waals surface area contributed by atoms with Crippen molar-refractivity contribution >= 4 is 35.0 Å². The normalized spacial score (nSPS) is 24.0. The van der Waals surface area contributed by atoms with Crippen molar-refractivity contribution in [1.29, 1.82) is 0 Å². The largest absolute Gasteiger partial charge is 0.351 e. The van der Waals surface area contributed by atoms with Gasteiger partial charge in [0.05, 0.1) is 5.69 Å². The minimum Gasteiger partial charge on any atom is -0.351 e. The van der Waals surface area contributed by atoms with Crippen LogP contribution in [-0.4, -0.2) is 47.5 Å². The van der Waals surface area contributed by atoms with E-state index in [4.69, 9.17) is 9.97 Å². The molecule has 1 aliphatic carbocycles. The van der Waals surface area contributed by atoms with Gasteiger partial charge in [0.15, 0.2) is 5.82 Å². The van der Waals surface area contributed by atoms with E-state index in [0.29, 0.717) is 24.0 Å². The molecule has 2 aliphatic heterocycles. The van der Waals surface area contributed by atoms with Gasteiger partial charge < -0.3 is 20.4 Å². The Morgan fingerprint density at radius 3 is 2.72 bits per heavy atom. The first kappa shape index (κ1) is 20.7. The lowest BCUT2D eigenvalue weighted by atomic mass is 9.78. The third kappa shape index (κ3) is 3.76. The van der Waals surface area contributed by atoms with E-state index in [9.17, 15) is 14.0 Å². The Morgan fingerprint density at radius 1 is 1.22 bits per heavy atom. The number of anilines is 4. The maximum atomic E-state index is 13.0. The second-order valence-corrected chi connectivity index (χ2v) is 8.98. The Balaban J connectivity index is 1.20. The number of rotatable bonds is 5. The predicted molar refractivity (Wildman–Crippen MR) is 120 cm³/mol. The number of hydrogen-bond acceptors (Lipinski definition) is 6. The van der Waals surface area contributed by atoms with E-state index in [1.165, 1.54) is 12.1 Å². The SMILES string of the molecule is C[C@H]1C(=O)N2CCCc3nc(N[C@H]4C[C@H](CC(=O)Nc5ccc(F)cc5)C4)nc(c32)N1C. The lowest BCUT2D eigenvalue weighted by Crippen LogP contribution is -2.53. The molecule has 9 heteroatoms. The van der Waals surface area contributed by atoms with Crippen molar-refractivity contribution < 1.29 is 14.0 Å². The smallest absolute Gasteiger partial charge is 0.249 e. The van der Waals surface area contributed by atoms with E-state index in [1.807, 2.05) is 23.8 Å². The van der Waals surface area contributed by atoms with E-state index in [0.717, 1.165) is 49.4 Å². The number of aromatic nitrogens is 2. The Labute approximate surface area is 186 Å². The summed E-state index contributed by atoms with van der Waals surface area (Å²) in [7, 11) is 1.90. The van der Waals surface area contributed by atoms with Gasteiger partial charge in [-0.1, -0.05) is 0 Å². The Morgan fingerprint density at radius 2 is 1.97 bits per heavy atom. The molecule has 3 aliphatic rings. The average molecular weight is 439 g/mol. The van der Waals surface area contributed by atoms with Crippen LogP contribution in [0.5, 0.6) is 0 Å². The van der Waals surface area contributed by atoms with Crippen LogP contribution in [0.2, 0.25) is 0 Å². The summed E-state index contributed by atoms with van der Waals surface area (Å²) < 4.78 is 13.0. The number of benzene rings is 1. The van der Waals surface area contributed by atoms with E-state index in [1.54, 1.807) is 12.1 Å². The maximum absolute atomic E-state index is 13.0. The van der Waals surface area contributed by atoms with E-state index in [-0.39, 0.29) is 29.7 Å². The first-order chi connectivity index (χ1) is 15.4. The van der Waals surface area contributed by atoms with Crippen LogP contribution in [0.4, 0.5) is 27.5 Å². The van der Waals surface area contributed by atoms with Crippen LogP contribution in [0.25, 0.3) is 0 Å². The maximum Gasteiger partial charge on any atom is 0.249 e. The molecule has 1 atom stereocenters. The van der Waals surface area contributed by atoms with Crippen LogP contribution in [0.1, 0.15) is 38.3 Å². The zero-order chi connectivity index (χ0) is 22.4. The van der Waals surface area contributed by atoms with Crippen LogP contribution in [-0.2, 0) is 16.0 Å². The molecule has 0 saturated heterocycles. The summed E-state index contributed by atoms with van der Waals surface area (Å²) in [6, 6.07) is 5.76. The van der Waals surface area contributed by atoms with Gasteiger partial charge in [-0.15, -0.1) is 0 Å². The van der Waals surface area contributed by atoms with E-state index >= 15 is 0 Å². The number of aryl methyl sites for hydroxylation is 1. The lowest BCUT2D eigenvalue weighted by Gasteiger charge is -2.42. The molecule has 5 rings (SSSR count). The molecule has 32 heavy (non-hydrogen) atoms. The van der Waals surface area contributed by atoms with Gasteiger partial charge in [0, 0.05) is 31.7 Å². The summed E-state index contributed by atoms with van der Waals surface area (Å²) in [5.74, 6) is 1.40. The van der Waals surface area contributed by atoms with Gasteiger partial charge in [0.2, 0.25) is 17.8 Å². The molecule has 1 fully saturated rings. The third-order valence-electron chi connectivity index (χ3n) is 6.71. The van der Waals surface area contributed by atoms with Crippen LogP contribution < -0.4 is 20.4 Å². The van der Waals surface area contributed by atoms with Gasteiger partial charge >= 0.3 is 0 Å². The van der Waals surface area contributed by atoms with Crippen molar-refractivity contribution in [2.75, 3.05) is 34.0 Å². The number of nitrogens with one attached hydrogen (secondary N) is 2. The minimum atomic E-state index is -0.325. The summed E-state index contributed by atoms with van der Waals surface area (Å²) in [6.45, 7) is 2.62. The zero-order valence-corrected chi connectivity index (χ0v) is 18.3. The fourth-order valence-corrected chi connectivity index (χ4v) is 4.77. The Hall–Kier alpha value is -3.23. The second-order valence-electron chi connectivity index (χ2n) is 8.98. The summed E-state index contributed by atoms with van der Waals surface area (Å²) in [6.07, 6.45) is 3.90. The molecule has 1 aromatic heterocycles. The van der Waals surface area contributed by atoms with Crippen molar-refractivity contribution in [2.24, 2.45) is 5.92 Å². The first-order valence-corrected chi connectivity index (χ1v) is 11.2. The molecule has 2 N–H and O–H groups in total. The van der Waals surface area contributed by atoms with Crippen molar-refractivity contribution in [2.45, 2.75) is 51.1 Å². The summed E-state index contributed by atoms with van der Waals surface area (Å²) in [4.78, 5) is 38.1. The number of nitrogens with zero attached hydrogens (tertiary/aromatic N) is 4. The Kier molecular flexibility index (Phi) is 5.19. The highest BCUT2D eigenvalue weighted by Gasteiger charge is 2.39. The summed E-state index contributed by atoms with van der Waals surface area (Å²) in [5.41, 5.74) is 2.38. The molecule has 0 radical (unpaired) electrons. The topological polar surface area (TPSA) is 90.5 Å². The molecule has 0 unspecified atom stereocenters. The first-order valence-electron chi connectivity index (χ1n) is 11.2. The molecule has 168 valence electrons. The fourth-order valence-electron chi connectivity index (χ4n) is 4.77. The molecule has 3 heterocycles. The van der Waals surface area contributed by atoms with Crippen LogP contribution >= 0.6 is 0 Å². The lowest BCUT2D eigenvalue weighted by molar-refractivity contribution is -0.120. The zero-order valence-electron chi connectivity index (χ0n) is 18.3. The minimum absolute atomic E-state index is 0.0603. The molecule has 0 spiro atoms. The summed E-state index contributed by atoms with van der Waals surface area (Å²) >= 11 is 0. The number of carbonyl (C=O) groups excluding carboxylic acids is 2. The number of halogens is 1. The molecular weight excluding hydrogens is 411 g/mol. The highest BCUT2D eigenvalue weighted by Crippen LogP contribution is 2.40. The monoisotopic (exact) mass is 438 g/mol. The number of likely N-dealkylation sites (N-methyl/N-ethyl adjacent to an activating group) is 1. The van der Waals surface area contributed by atoms with E-state index < -0.39 is 0 Å². The van der Waals surface area contributed by atoms with Crippen LogP contribution in [0.3, 0.4) is 0 Å². The number of hydrogen-bond donors (Lipinski definition) is 2. The quantitative estimate of drug-likeness (QED) is 0.746. The van der Waals surface area contributed by atoms with Crippen molar-refractivity contribution in [1.82, 2.24) is 9.97 Å². The van der Waals surface area contributed by atoms with Crippen LogP contribution in [0.15, 0.2) is 24.3 Å². The molecule has 1 aromatic carbocycles. The average Bonchev–Trinajstić information content (AvgIpc) is 2.75. The standard InChI is InChI=1S/C23H27FN6O2/c1-13-22(32)30-9-3-4-18-20(30)21(29(13)2)28-23(27-18)26-17-10-14(11-17)12-19(31)25-16-7-5-15(24)6-8-16/h5-8,13-14,17H,3-4,9-12H2,1-2H3,(H,25,31)(H,26,27,28)/t13-,14-,17-/m0/s1. The van der Waals surface area contributed by atoms with Crippen molar-refractivity contribution in [3.05, 3.63) is 35.8 Å². The van der Waals surface area contributed by atoms with Gasteiger partial charge in [-0.05, 0) is 62.8 Å². The van der Waals surface area contributed by atoms with Gasteiger partial charge in [-0.25, -0.2) is 9.37 Å². The third-order valence-corrected chi connectivity index (χ3v) is 6.71. The second kappa shape index (κ2) is 8.03. The highest BCUT2D eigenvalue weighted by molar-refractivity contribution is 6.05. The summed E-state index contributed by atoms with van der Waals surface area (Å²) in [5, 5.41) is 6.24. The molecule has 2 amide bonds. The van der Waals surface area contributed by atoms with Gasteiger partial charge in [-0.2, -0.15) is 4.98 Å². The fraction of sp³-hybridized carbons (Fsp3) is 0.478. The van der Waals surface area contributed by atoms with E-state index in [2.05, 4.69) is 10.6 Å².